The first-order valence-electron chi connectivity index (χ1n) is 6.24. The lowest BCUT2D eigenvalue weighted by atomic mass is 10.2. The number of para-hydroxylation sites is 1. The van der Waals surface area contributed by atoms with Crippen LogP contribution in [0.4, 0.5) is 5.69 Å². The molecule has 3 nitrogen and oxygen atoms in total. The van der Waals surface area contributed by atoms with Crippen molar-refractivity contribution in [3.63, 3.8) is 0 Å². The molecule has 106 valence electrons. The van der Waals surface area contributed by atoms with Crippen LogP contribution in [0.15, 0.2) is 40.9 Å². The summed E-state index contributed by atoms with van der Waals surface area (Å²) in [5, 5.41) is 14.0. The average molecular weight is 357 g/mol. The molecule has 0 amide bonds. The second-order valence-electron chi connectivity index (χ2n) is 4.18. The summed E-state index contributed by atoms with van der Waals surface area (Å²) in [4.78, 5) is 0. The summed E-state index contributed by atoms with van der Waals surface area (Å²) in [7, 11) is 0. The van der Waals surface area contributed by atoms with Gasteiger partial charge in [-0.15, -0.1) is 0 Å². The number of halogens is 2. The number of phenolic OH excluding ortho intramolecular Hbond substituents is 1. The Balaban J connectivity index is 2.10. The highest BCUT2D eigenvalue weighted by molar-refractivity contribution is 9.10. The molecule has 0 bridgehead atoms. The fraction of sp³-hybridized carbons (Fsp3) is 0.200. The SMILES string of the molecule is CCOc1cccc(CNc2ccc(Cl)c(Br)c2)c1O. The van der Waals surface area contributed by atoms with E-state index in [2.05, 4.69) is 21.2 Å². The van der Waals surface area contributed by atoms with Crippen LogP contribution in [-0.2, 0) is 6.54 Å². The molecule has 0 fully saturated rings. The van der Waals surface area contributed by atoms with Crippen molar-refractivity contribution >= 4 is 33.2 Å². The molecule has 0 heterocycles. The molecule has 0 aliphatic heterocycles. The first-order chi connectivity index (χ1) is 9.61. The van der Waals surface area contributed by atoms with Crippen LogP contribution in [0.5, 0.6) is 11.5 Å². The van der Waals surface area contributed by atoms with E-state index in [9.17, 15) is 5.11 Å². The van der Waals surface area contributed by atoms with Crippen molar-refractivity contribution < 1.29 is 9.84 Å². The van der Waals surface area contributed by atoms with Crippen molar-refractivity contribution in [1.82, 2.24) is 0 Å². The van der Waals surface area contributed by atoms with Crippen LogP contribution in [0.2, 0.25) is 5.02 Å². The molecule has 2 N–H and O–H groups in total. The molecule has 0 saturated carbocycles. The van der Waals surface area contributed by atoms with Crippen LogP contribution >= 0.6 is 27.5 Å². The zero-order valence-corrected chi connectivity index (χ0v) is 13.3. The average Bonchev–Trinajstić information content (AvgIpc) is 2.44. The highest BCUT2D eigenvalue weighted by Gasteiger charge is 2.07. The van der Waals surface area contributed by atoms with Gasteiger partial charge in [0.25, 0.3) is 0 Å². The molecule has 0 saturated heterocycles. The quantitative estimate of drug-likeness (QED) is 0.807. The smallest absolute Gasteiger partial charge is 0.162 e. The van der Waals surface area contributed by atoms with Gasteiger partial charge in [0.2, 0.25) is 0 Å². The minimum absolute atomic E-state index is 0.176. The van der Waals surface area contributed by atoms with E-state index < -0.39 is 0 Å². The molecule has 0 aromatic heterocycles. The van der Waals surface area contributed by atoms with Gasteiger partial charge in [0, 0.05) is 22.3 Å². The number of phenols is 1. The molecule has 0 aliphatic rings. The maximum absolute atomic E-state index is 10.1. The molecule has 5 heteroatoms. The molecule has 2 aromatic carbocycles. The van der Waals surface area contributed by atoms with Gasteiger partial charge in [-0.3, -0.25) is 0 Å². The standard InChI is InChI=1S/C15H15BrClNO2/c1-2-20-14-5-3-4-10(15(14)19)9-18-11-6-7-13(17)12(16)8-11/h3-8,18-19H,2,9H2,1H3. The minimum atomic E-state index is 0.176. The maximum atomic E-state index is 10.1. The van der Waals surface area contributed by atoms with Crippen LogP contribution in [0.1, 0.15) is 12.5 Å². The zero-order valence-electron chi connectivity index (χ0n) is 11.0. The van der Waals surface area contributed by atoms with E-state index in [1.807, 2.05) is 37.3 Å². The highest BCUT2D eigenvalue weighted by Crippen LogP contribution is 2.31. The molecule has 20 heavy (non-hydrogen) atoms. The fourth-order valence-corrected chi connectivity index (χ4v) is 2.28. The van der Waals surface area contributed by atoms with Gasteiger partial charge in [-0.05, 0) is 47.1 Å². The van der Waals surface area contributed by atoms with Gasteiger partial charge >= 0.3 is 0 Å². The molecule has 2 aromatic rings. The first kappa shape index (κ1) is 15.0. The van der Waals surface area contributed by atoms with Crippen molar-refractivity contribution in [3.05, 3.63) is 51.5 Å². The predicted molar refractivity (Wildman–Crippen MR) is 85.8 cm³/mol. The van der Waals surface area contributed by atoms with Gasteiger partial charge in [0.15, 0.2) is 11.5 Å². The van der Waals surface area contributed by atoms with Crippen molar-refractivity contribution in [2.24, 2.45) is 0 Å². The van der Waals surface area contributed by atoms with Crippen molar-refractivity contribution in [2.45, 2.75) is 13.5 Å². The fourth-order valence-electron chi connectivity index (χ4n) is 1.79. The number of hydrogen-bond acceptors (Lipinski definition) is 3. The van der Waals surface area contributed by atoms with E-state index in [1.54, 1.807) is 6.07 Å². The Morgan fingerprint density at radius 1 is 1.30 bits per heavy atom. The summed E-state index contributed by atoms with van der Waals surface area (Å²) in [6, 6.07) is 11.1. The molecule has 0 spiro atoms. The van der Waals surface area contributed by atoms with Gasteiger partial charge < -0.3 is 15.2 Å². The van der Waals surface area contributed by atoms with Gasteiger partial charge in [0.1, 0.15) is 0 Å². The molecular formula is C15H15BrClNO2. The van der Waals surface area contributed by atoms with Crippen LogP contribution in [-0.4, -0.2) is 11.7 Å². The number of anilines is 1. The molecule has 0 atom stereocenters. The minimum Gasteiger partial charge on any atom is -0.504 e. The third-order valence-electron chi connectivity index (χ3n) is 2.78. The molecular weight excluding hydrogens is 342 g/mol. The Hall–Kier alpha value is -1.39. The Morgan fingerprint density at radius 3 is 2.80 bits per heavy atom. The Bertz CT molecular complexity index is 604. The lowest BCUT2D eigenvalue weighted by Gasteiger charge is -2.12. The first-order valence-corrected chi connectivity index (χ1v) is 7.41. The van der Waals surface area contributed by atoms with Gasteiger partial charge in [0.05, 0.1) is 11.6 Å². The van der Waals surface area contributed by atoms with Crippen molar-refractivity contribution in [2.75, 3.05) is 11.9 Å². The zero-order chi connectivity index (χ0) is 14.5. The van der Waals surface area contributed by atoms with Crippen molar-refractivity contribution in [3.8, 4) is 11.5 Å². The van der Waals surface area contributed by atoms with E-state index in [-0.39, 0.29) is 5.75 Å². The Kier molecular flexibility index (Phi) is 5.15. The molecule has 0 radical (unpaired) electrons. The Labute approximate surface area is 131 Å². The third-order valence-corrected chi connectivity index (χ3v) is 4.00. The van der Waals surface area contributed by atoms with E-state index in [0.29, 0.717) is 23.9 Å². The van der Waals surface area contributed by atoms with Gasteiger partial charge in [-0.1, -0.05) is 23.7 Å². The summed E-state index contributed by atoms with van der Waals surface area (Å²) in [5.74, 6) is 0.680. The lowest BCUT2D eigenvalue weighted by Crippen LogP contribution is -2.01. The number of hydrogen-bond donors (Lipinski definition) is 2. The van der Waals surface area contributed by atoms with Crippen LogP contribution in [0.3, 0.4) is 0 Å². The van der Waals surface area contributed by atoms with E-state index >= 15 is 0 Å². The summed E-state index contributed by atoms with van der Waals surface area (Å²) < 4.78 is 6.19. The summed E-state index contributed by atoms with van der Waals surface area (Å²) in [5.41, 5.74) is 1.70. The number of benzene rings is 2. The second kappa shape index (κ2) is 6.86. The van der Waals surface area contributed by atoms with Crippen LogP contribution in [0, 0.1) is 0 Å². The van der Waals surface area contributed by atoms with Crippen molar-refractivity contribution in [1.29, 1.82) is 0 Å². The predicted octanol–water partition coefficient (Wildman–Crippen LogP) is 4.82. The summed E-state index contributed by atoms with van der Waals surface area (Å²) in [6.07, 6.45) is 0. The molecule has 0 unspecified atom stereocenters. The van der Waals surface area contributed by atoms with E-state index in [0.717, 1.165) is 15.7 Å². The lowest BCUT2D eigenvalue weighted by molar-refractivity contribution is 0.317. The van der Waals surface area contributed by atoms with E-state index in [1.165, 1.54) is 0 Å². The number of nitrogens with one attached hydrogen (secondary N) is 1. The number of aromatic hydroxyl groups is 1. The Morgan fingerprint density at radius 2 is 2.10 bits per heavy atom. The van der Waals surface area contributed by atoms with Crippen LogP contribution in [0.25, 0.3) is 0 Å². The number of rotatable bonds is 5. The third kappa shape index (κ3) is 3.58. The van der Waals surface area contributed by atoms with E-state index in [4.69, 9.17) is 16.3 Å². The summed E-state index contributed by atoms with van der Waals surface area (Å²) in [6.45, 7) is 2.91. The van der Waals surface area contributed by atoms with Crippen LogP contribution < -0.4 is 10.1 Å². The van der Waals surface area contributed by atoms with Gasteiger partial charge in [-0.25, -0.2) is 0 Å². The second-order valence-corrected chi connectivity index (χ2v) is 5.44. The summed E-state index contributed by atoms with van der Waals surface area (Å²) >= 11 is 9.32. The normalized spacial score (nSPS) is 10.3. The highest BCUT2D eigenvalue weighted by atomic mass is 79.9. The topological polar surface area (TPSA) is 41.5 Å². The number of ether oxygens (including phenoxy) is 1. The molecule has 2 rings (SSSR count). The largest absolute Gasteiger partial charge is 0.504 e. The van der Waals surface area contributed by atoms with Gasteiger partial charge in [-0.2, -0.15) is 0 Å². The maximum Gasteiger partial charge on any atom is 0.162 e. The monoisotopic (exact) mass is 355 g/mol. The molecule has 0 aliphatic carbocycles.